The molecule has 0 unspecified atom stereocenters. The Bertz CT molecular complexity index is 440. The van der Waals surface area contributed by atoms with E-state index in [2.05, 4.69) is 9.98 Å². The lowest BCUT2D eigenvalue weighted by Gasteiger charge is -2.14. The van der Waals surface area contributed by atoms with Gasteiger partial charge in [-0.3, -0.25) is 9.79 Å². The van der Waals surface area contributed by atoms with Crippen molar-refractivity contribution in [1.29, 1.82) is 0 Å². The molecule has 5 nitrogen and oxygen atoms in total. The van der Waals surface area contributed by atoms with Gasteiger partial charge in [0.15, 0.2) is 0 Å². The van der Waals surface area contributed by atoms with E-state index in [1.165, 1.54) is 0 Å². The average Bonchev–Trinajstić information content (AvgIpc) is 2.27. The van der Waals surface area contributed by atoms with Gasteiger partial charge in [-0.1, -0.05) is 0 Å². The van der Waals surface area contributed by atoms with E-state index in [0.29, 0.717) is 24.6 Å². The number of methoxy groups -OCH3 is 1. The number of carbonyl (C=O) groups is 1. The standard InChI is InChI=1S/C10H11N3O2/c1-15-8-3-2-6-7(13-8)4-5-12-9(6)10(11)14/h2-3H,4-5H2,1H3,(H2,11,14). The predicted octanol–water partition coefficient (Wildman–Crippen LogP) is -0.0793. The fraction of sp³-hybridized carbons (Fsp3) is 0.300. The highest BCUT2D eigenvalue weighted by atomic mass is 16.5. The molecule has 1 aromatic heterocycles. The molecule has 0 aliphatic carbocycles. The molecule has 0 aromatic carbocycles. The maximum Gasteiger partial charge on any atom is 0.267 e. The second-order valence-corrected chi connectivity index (χ2v) is 3.19. The van der Waals surface area contributed by atoms with Crippen molar-refractivity contribution in [3.05, 3.63) is 23.4 Å². The van der Waals surface area contributed by atoms with E-state index in [1.54, 1.807) is 19.2 Å². The van der Waals surface area contributed by atoms with Gasteiger partial charge in [0.05, 0.1) is 12.8 Å². The van der Waals surface area contributed by atoms with Gasteiger partial charge in [0.1, 0.15) is 5.71 Å². The van der Waals surface area contributed by atoms with Gasteiger partial charge >= 0.3 is 0 Å². The van der Waals surface area contributed by atoms with Crippen LogP contribution in [0.3, 0.4) is 0 Å². The fourth-order valence-corrected chi connectivity index (χ4v) is 1.57. The van der Waals surface area contributed by atoms with Crippen molar-refractivity contribution < 1.29 is 9.53 Å². The van der Waals surface area contributed by atoms with Crippen LogP contribution in [0.5, 0.6) is 5.88 Å². The third-order valence-corrected chi connectivity index (χ3v) is 2.26. The molecule has 0 atom stereocenters. The van der Waals surface area contributed by atoms with Crippen LogP contribution in [0.25, 0.3) is 0 Å². The summed E-state index contributed by atoms with van der Waals surface area (Å²) in [5.74, 6) is 0.0300. The number of ether oxygens (including phenoxy) is 1. The molecule has 2 heterocycles. The Hall–Kier alpha value is -1.91. The number of primary amides is 1. The number of aromatic nitrogens is 1. The maximum absolute atomic E-state index is 11.1. The molecule has 1 aromatic rings. The van der Waals surface area contributed by atoms with E-state index in [9.17, 15) is 4.79 Å². The first-order valence-electron chi connectivity index (χ1n) is 4.61. The summed E-state index contributed by atoms with van der Waals surface area (Å²) in [6, 6.07) is 3.46. The Balaban J connectivity index is 2.48. The van der Waals surface area contributed by atoms with Crippen molar-refractivity contribution in [2.24, 2.45) is 10.7 Å². The van der Waals surface area contributed by atoms with Crippen molar-refractivity contribution in [3.63, 3.8) is 0 Å². The highest BCUT2D eigenvalue weighted by molar-refractivity contribution is 6.45. The SMILES string of the molecule is COc1ccc2c(n1)CCN=C2C(N)=O. The number of aliphatic imine (C=N–C) groups is 1. The Labute approximate surface area is 87.0 Å². The largest absolute Gasteiger partial charge is 0.481 e. The number of fused-ring (bicyclic) bond motifs is 1. The molecular weight excluding hydrogens is 194 g/mol. The molecule has 0 bridgehead atoms. The lowest BCUT2D eigenvalue weighted by molar-refractivity contribution is -0.111. The Morgan fingerprint density at radius 2 is 2.33 bits per heavy atom. The first kappa shape index (κ1) is 9.64. The molecule has 15 heavy (non-hydrogen) atoms. The molecule has 1 aliphatic rings. The van der Waals surface area contributed by atoms with Crippen molar-refractivity contribution in [3.8, 4) is 5.88 Å². The third-order valence-electron chi connectivity index (χ3n) is 2.26. The summed E-state index contributed by atoms with van der Waals surface area (Å²) >= 11 is 0. The summed E-state index contributed by atoms with van der Waals surface area (Å²) in [4.78, 5) is 19.4. The summed E-state index contributed by atoms with van der Waals surface area (Å²) in [6.45, 7) is 0.547. The number of nitrogens with zero attached hydrogens (tertiary/aromatic N) is 2. The van der Waals surface area contributed by atoms with E-state index >= 15 is 0 Å². The lowest BCUT2D eigenvalue weighted by atomic mass is 10.0. The number of rotatable bonds is 2. The number of pyridine rings is 1. The summed E-state index contributed by atoms with van der Waals surface area (Å²) in [5.41, 5.74) is 7.07. The highest BCUT2D eigenvalue weighted by Crippen LogP contribution is 2.17. The summed E-state index contributed by atoms with van der Waals surface area (Å²) in [5, 5.41) is 0. The van der Waals surface area contributed by atoms with Crippen molar-refractivity contribution in [1.82, 2.24) is 4.98 Å². The predicted molar refractivity (Wildman–Crippen MR) is 55.1 cm³/mol. The van der Waals surface area contributed by atoms with Gasteiger partial charge in [-0.15, -0.1) is 0 Å². The summed E-state index contributed by atoms with van der Waals surface area (Å²) < 4.78 is 5.01. The van der Waals surface area contributed by atoms with Gasteiger partial charge in [0, 0.05) is 24.6 Å². The van der Waals surface area contributed by atoms with E-state index in [4.69, 9.17) is 10.5 Å². The van der Waals surface area contributed by atoms with Crippen LogP contribution in [0.15, 0.2) is 17.1 Å². The molecule has 0 saturated heterocycles. The molecule has 2 rings (SSSR count). The van der Waals surface area contributed by atoms with Gasteiger partial charge in [-0.25, -0.2) is 4.98 Å². The number of carbonyl (C=O) groups excluding carboxylic acids is 1. The number of nitrogens with two attached hydrogens (primary N) is 1. The average molecular weight is 205 g/mol. The summed E-state index contributed by atoms with van der Waals surface area (Å²) in [6.07, 6.45) is 0.712. The topological polar surface area (TPSA) is 77.6 Å². The van der Waals surface area contributed by atoms with Crippen LogP contribution in [0.4, 0.5) is 0 Å². The Kier molecular flexibility index (Phi) is 2.37. The van der Waals surface area contributed by atoms with Crippen LogP contribution >= 0.6 is 0 Å². The smallest absolute Gasteiger partial charge is 0.267 e. The zero-order chi connectivity index (χ0) is 10.8. The Morgan fingerprint density at radius 1 is 1.53 bits per heavy atom. The number of hydrogen-bond acceptors (Lipinski definition) is 4. The van der Waals surface area contributed by atoms with Crippen LogP contribution in [-0.2, 0) is 11.2 Å². The van der Waals surface area contributed by atoms with Gasteiger partial charge < -0.3 is 10.5 Å². The molecule has 0 fully saturated rings. The molecule has 0 spiro atoms. The number of amides is 1. The third kappa shape index (κ3) is 1.68. The minimum absolute atomic E-state index is 0.311. The molecule has 78 valence electrons. The molecule has 0 radical (unpaired) electrons. The van der Waals surface area contributed by atoms with Crippen molar-refractivity contribution in [2.45, 2.75) is 6.42 Å². The van der Waals surface area contributed by atoms with Crippen molar-refractivity contribution in [2.75, 3.05) is 13.7 Å². The molecule has 1 amide bonds. The Morgan fingerprint density at radius 3 is 3.00 bits per heavy atom. The second-order valence-electron chi connectivity index (χ2n) is 3.19. The lowest BCUT2D eigenvalue weighted by Crippen LogP contribution is -2.28. The molecule has 0 saturated carbocycles. The fourth-order valence-electron chi connectivity index (χ4n) is 1.57. The van der Waals surface area contributed by atoms with Crippen LogP contribution < -0.4 is 10.5 Å². The minimum Gasteiger partial charge on any atom is -0.481 e. The van der Waals surface area contributed by atoms with Crippen molar-refractivity contribution >= 4 is 11.6 Å². The van der Waals surface area contributed by atoms with Crippen LogP contribution in [0.2, 0.25) is 0 Å². The quantitative estimate of drug-likeness (QED) is 0.733. The minimum atomic E-state index is -0.511. The van der Waals surface area contributed by atoms with Gasteiger partial charge in [0.2, 0.25) is 5.88 Å². The zero-order valence-corrected chi connectivity index (χ0v) is 8.36. The van der Waals surface area contributed by atoms with Crippen LogP contribution in [0.1, 0.15) is 11.3 Å². The van der Waals surface area contributed by atoms with Gasteiger partial charge in [-0.2, -0.15) is 0 Å². The first-order valence-corrected chi connectivity index (χ1v) is 4.61. The van der Waals surface area contributed by atoms with Crippen LogP contribution in [-0.4, -0.2) is 30.3 Å². The van der Waals surface area contributed by atoms with E-state index < -0.39 is 5.91 Å². The number of hydrogen-bond donors (Lipinski definition) is 1. The zero-order valence-electron chi connectivity index (χ0n) is 8.36. The van der Waals surface area contributed by atoms with Crippen LogP contribution in [0, 0.1) is 0 Å². The highest BCUT2D eigenvalue weighted by Gasteiger charge is 2.19. The van der Waals surface area contributed by atoms with E-state index in [0.717, 1.165) is 11.3 Å². The maximum atomic E-state index is 11.1. The molecule has 1 aliphatic heterocycles. The van der Waals surface area contributed by atoms with Gasteiger partial charge in [0.25, 0.3) is 5.91 Å². The first-order chi connectivity index (χ1) is 7.22. The normalized spacial score (nSPS) is 14.1. The monoisotopic (exact) mass is 205 g/mol. The van der Waals surface area contributed by atoms with Gasteiger partial charge in [-0.05, 0) is 6.07 Å². The molecule has 5 heteroatoms. The second kappa shape index (κ2) is 3.68. The van der Waals surface area contributed by atoms with E-state index in [-0.39, 0.29) is 0 Å². The molecular formula is C10H11N3O2. The van der Waals surface area contributed by atoms with E-state index in [1.807, 2.05) is 0 Å². The molecule has 2 N–H and O–H groups in total. The summed E-state index contributed by atoms with van der Waals surface area (Å²) in [7, 11) is 1.56.